The Bertz CT molecular complexity index is 1430. The van der Waals surface area contributed by atoms with Gasteiger partial charge in [-0.2, -0.15) is 0 Å². The van der Waals surface area contributed by atoms with Crippen molar-refractivity contribution in [3.8, 4) is 11.1 Å². The quantitative estimate of drug-likeness (QED) is 0.195. The van der Waals surface area contributed by atoms with Gasteiger partial charge in [0.2, 0.25) is 0 Å². The molecular formula is C42H63N5O. The van der Waals surface area contributed by atoms with Crippen LogP contribution in [0.25, 0.3) is 17.2 Å². The number of carbonyl (C=O) groups excluding carboxylic acids is 1. The number of pyridine rings is 2. The van der Waals surface area contributed by atoms with Gasteiger partial charge >= 0.3 is 0 Å². The number of carbonyl (C=O) groups is 1. The van der Waals surface area contributed by atoms with Crippen molar-refractivity contribution in [2.24, 2.45) is 17.8 Å². The lowest BCUT2D eigenvalue weighted by molar-refractivity contribution is -0.113. The molecule has 6 heteroatoms. The summed E-state index contributed by atoms with van der Waals surface area (Å²) in [6.07, 6.45) is 20.0. The number of aromatic nitrogens is 2. The highest BCUT2D eigenvalue weighted by atomic mass is 16.1. The average molecular weight is 654 g/mol. The number of Topliss-reactive ketones (excluding diaryl/α,β-unsaturated/α-hetero) is 1. The summed E-state index contributed by atoms with van der Waals surface area (Å²) < 4.78 is 0. The van der Waals surface area contributed by atoms with Crippen molar-refractivity contribution in [1.82, 2.24) is 19.8 Å². The summed E-state index contributed by atoms with van der Waals surface area (Å²) in [7, 11) is 0. The first-order valence-corrected chi connectivity index (χ1v) is 18.8. The maximum absolute atomic E-state index is 12.5. The number of rotatable bonds is 16. The maximum Gasteiger partial charge on any atom is 0.155 e. The minimum absolute atomic E-state index is 0.236. The maximum atomic E-state index is 12.5. The van der Waals surface area contributed by atoms with Crippen molar-refractivity contribution < 1.29 is 4.79 Å². The zero-order valence-corrected chi connectivity index (χ0v) is 31.3. The predicted octanol–water partition coefficient (Wildman–Crippen LogP) is 9.32. The van der Waals surface area contributed by atoms with E-state index in [1.54, 1.807) is 12.5 Å². The number of anilines is 1. The van der Waals surface area contributed by atoms with E-state index in [1.165, 1.54) is 57.1 Å². The lowest BCUT2D eigenvalue weighted by atomic mass is 9.73. The molecule has 2 N–H and O–H groups in total. The summed E-state index contributed by atoms with van der Waals surface area (Å²) in [6.45, 7) is 22.2. The van der Waals surface area contributed by atoms with Gasteiger partial charge in [0, 0.05) is 47.8 Å². The van der Waals surface area contributed by atoms with E-state index in [-0.39, 0.29) is 5.78 Å². The molecule has 0 radical (unpaired) electrons. The second kappa shape index (κ2) is 18.1. The Hall–Kier alpha value is -3.09. The van der Waals surface area contributed by atoms with E-state index in [2.05, 4.69) is 92.5 Å². The summed E-state index contributed by atoms with van der Waals surface area (Å²) in [5.41, 5.74) is 14.2. The van der Waals surface area contributed by atoms with E-state index >= 15 is 0 Å². The minimum Gasteiger partial charge on any atom is -0.384 e. The molecule has 0 aromatic carbocycles. The molecule has 4 rings (SSSR count). The number of aryl methyl sites for hydroxylation is 1. The Morgan fingerprint density at radius 2 is 1.81 bits per heavy atom. The third-order valence-corrected chi connectivity index (χ3v) is 11.5. The molecule has 1 saturated heterocycles. The summed E-state index contributed by atoms with van der Waals surface area (Å²) in [4.78, 5) is 26.8. The summed E-state index contributed by atoms with van der Waals surface area (Å²) in [5, 5.41) is 0. The summed E-state index contributed by atoms with van der Waals surface area (Å²) in [6, 6.07) is 6.94. The van der Waals surface area contributed by atoms with Crippen LogP contribution in [-0.2, 0) is 4.79 Å². The third kappa shape index (κ3) is 9.75. The Morgan fingerprint density at radius 1 is 1.06 bits per heavy atom. The van der Waals surface area contributed by atoms with Crippen LogP contribution in [0.3, 0.4) is 0 Å². The van der Waals surface area contributed by atoms with Crippen LogP contribution in [0.5, 0.6) is 0 Å². The van der Waals surface area contributed by atoms with Crippen molar-refractivity contribution >= 4 is 17.7 Å². The SMILES string of the molecule is CCCC(CCC1CC(C(C)=O)=CC=C1C1CCN(C(C)/C(C)=C/c2c(-c3ccc(N)nc3)ccnc2C)CC1)CN(CC)C(C)CC. The van der Waals surface area contributed by atoms with E-state index in [0.29, 0.717) is 29.7 Å². The Labute approximate surface area is 292 Å². The van der Waals surface area contributed by atoms with Gasteiger partial charge in [0.1, 0.15) is 5.82 Å². The lowest BCUT2D eigenvalue weighted by Crippen LogP contribution is -2.41. The van der Waals surface area contributed by atoms with Crippen molar-refractivity contribution in [3.63, 3.8) is 0 Å². The van der Waals surface area contributed by atoms with Crippen LogP contribution in [0, 0.1) is 24.7 Å². The van der Waals surface area contributed by atoms with Gasteiger partial charge in [0.25, 0.3) is 0 Å². The molecule has 262 valence electrons. The molecule has 1 aliphatic carbocycles. The average Bonchev–Trinajstić information content (AvgIpc) is 3.09. The normalized spacial score (nSPS) is 19.9. The van der Waals surface area contributed by atoms with E-state index < -0.39 is 0 Å². The number of hydrogen-bond donors (Lipinski definition) is 1. The van der Waals surface area contributed by atoms with Gasteiger partial charge in [0.05, 0.1) is 0 Å². The fourth-order valence-electron chi connectivity index (χ4n) is 8.00. The first-order chi connectivity index (χ1) is 23.1. The summed E-state index contributed by atoms with van der Waals surface area (Å²) >= 11 is 0. The number of likely N-dealkylation sites (tertiary alicyclic amines) is 1. The van der Waals surface area contributed by atoms with Gasteiger partial charge < -0.3 is 10.6 Å². The molecular weight excluding hydrogens is 590 g/mol. The molecule has 4 unspecified atom stereocenters. The van der Waals surface area contributed by atoms with Crippen LogP contribution in [0.1, 0.15) is 111 Å². The van der Waals surface area contributed by atoms with E-state index in [4.69, 9.17) is 5.73 Å². The van der Waals surface area contributed by atoms with Crippen LogP contribution >= 0.6 is 0 Å². The third-order valence-electron chi connectivity index (χ3n) is 11.5. The second-order valence-electron chi connectivity index (χ2n) is 14.6. The Kier molecular flexibility index (Phi) is 14.2. The standard InChI is InChI=1S/C42H63N5O/c1-9-12-34(28-46(11-3)30(5)10-2)13-14-37-26-36(33(8)48)15-17-39(37)35-20-23-47(24-21-35)32(7)29(4)25-41-31(6)44-22-19-40(41)38-16-18-42(43)45-27-38/h15-19,22,25,27,30,32,34-35,37H,9-14,20-21,23-24,26,28H2,1-8H3,(H2,43,45)/b29-25+. The molecule has 1 aliphatic heterocycles. The van der Waals surface area contributed by atoms with Crippen LogP contribution in [0.15, 0.2) is 59.5 Å². The van der Waals surface area contributed by atoms with Crippen LogP contribution in [-0.4, -0.2) is 63.8 Å². The molecule has 0 amide bonds. The number of nitrogen functional groups attached to an aromatic ring is 1. The molecule has 6 nitrogen and oxygen atoms in total. The van der Waals surface area contributed by atoms with Gasteiger partial charge in [-0.05, 0) is 146 Å². The summed E-state index contributed by atoms with van der Waals surface area (Å²) in [5.74, 6) is 2.56. The van der Waals surface area contributed by atoms with Crippen molar-refractivity contribution in [1.29, 1.82) is 0 Å². The fraction of sp³-hybridized carbons (Fsp3) is 0.595. The van der Waals surface area contributed by atoms with Gasteiger partial charge in [0.15, 0.2) is 5.78 Å². The zero-order valence-electron chi connectivity index (χ0n) is 31.3. The van der Waals surface area contributed by atoms with E-state index in [9.17, 15) is 4.79 Å². The molecule has 2 aromatic rings. The van der Waals surface area contributed by atoms with Crippen LogP contribution in [0.2, 0.25) is 0 Å². The second-order valence-corrected chi connectivity index (χ2v) is 14.6. The predicted molar refractivity (Wildman–Crippen MR) is 204 cm³/mol. The monoisotopic (exact) mass is 654 g/mol. The molecule has 0 saturated carbocycles. The largest absolute Gasteiger partial charge is 0.384 e. The van der Waals surface area contributed by atoms with Gasteiger partial charge in [-0.25, -0.2) is 4.98 Å². The first kappa shape index (κ1) is 37.7. The number of nitrogens with zero attached hydrogens (tertiary/aromatic N) is 4. The van der Waals surface area contributed by atoms with Crippen molar-refractivity contribution in [2.75, 3.05) is 31.9 Å². The molecule has 0 bridgehead atoms. The van der Waals surface area contributed by atoms with Gasteiger partial charge in [-0.3, -0.25) is 14.7 Å². The highest BCUT2D eigenvalue weighted by Gasteiger charge is 2.32. The highest BCUT2D eigenvalue weighted by molar-refractivity contribution is 5.93. The molecule has 3 heterocycles. The Balaban J connectivity index is 1.44. The van der Waals surface area contributed by atoms with Crippen molar-refractivity contribution in [2.45, 2.75) is 119 Å². The topological polar surface area (TPSA) is 75.3 Å². The smallest absolute Gasteiger partial charge is 0.155 e. The van der Waals surface area contributed by atoms with Gasteiger partial charge in [-0.15, -0.1) is 0 Å². The van der Waals surface area contributed by atoms with E-state index in [0.717, 1.165) is 59.9 Å². The molecule has 2 aliphatic rings. The van der Waals surface area contributed by atoms with Crippen LogP contribution < -0.4 is 5.73 Å². The highest BCUT2D eigenvalue weighted by Crippen LogP contribution is 2.40. The van der Waals surface area contributed by atoms with Gasteiger partial charge in [-0.1, -0.05) is 56.6 Å². The first-order valence-electron chi connectivity index (χ1n) is 18.8. The number of hydrogen-bond acceptors (Lipinski definition) is 6. The fourth-order valence-corrected chi connectivity index (χ4v) is 8.00. The van der Waals surface area contributed by atoms with Crippen LogP contribution in [0.4, 0.5) is 5.82 Å². The molecule has 4 atom stereocenters. The molecule has 0 spiro atoms. The molecule has 1 fully saturated rings. The minimum atomic E-state index is 0.236. The molecule has 2 aromatic heterocycles. The number of nitrogens with two attached hydrogens (primary N) is 1. The number of ketones is 1. The van der Waals surface area contributed by atoms with Crippen molar-refractivity contribution in [3.05, 3.63) is 70.7 Å². The zero-order chi connectivity index (χ0) is 34.8. The molecule has 48 heavy (non-hydrogen) atoms. The lowest BCUT2D eigenvalue weighted by Gasteiger charge is -2.40. The van der Waals surface area contributed by atoms with E-state index in [1.807, 2.05) is 24.5 Å². The number of piperidine rings is 1. The Morgan fingerprint density at radius 3 is 2.44 bits per heavy atom. The number of allylic oxidation sites excluding steroid dienone is 4.